The van der Waals surface area contributed by atoms with Gasteiger partial charge in [-0.2, -0.15) is 0 Å². The topological polar surface area (TPSA) is 109 Å². The summed E-state index contributed by atoms with van der Waals surface area (Å²) in [6.07, 6.45) is 0. The van der Waals surface area contributed by atoms with Crippen molar-refractivity contribution < 1.29 is 0 Å². The maximum Gasteiger partial charge on any atom is 0.332 e. The molecule has 0 unspecified atom stereocenters. The van der Waals surface area contributed by atoms with E-state index in [1.165, 1.54) is 11.6 Å². The molecule has 0 spiro atoms. The number of hydrogen-bond donors (Lipinski definition) is 2. The molecule has 4 N–H and O–H groups in total. The van der Waals surface area contributed by atoms with Gasteiger partial charge in [-0.05, 0) is 25.5 Å². The molecule has 3 rings (SSSR count). The van der Waals surface area contributed by atoms with Crippen LogP contribution in [-0.4, -0.2) is 14.1 Å². The second kappa shape index (κ2) is 5.57. The van der Waals surface area contributed by atoms with Crippen molar-refractivity contribution in [2.75, 3.05) is 5.73 Å². The summed E-state index contributed by atoms with van der Waals surface area (Å²) in [4.78, 5) is 31.3. The molecule has 0 fully saturated rings. The van der Waals surface area contributed by atoms with Gasteiger partial charge in [0.25, 0.3) is 5.56 Å². The van der Waals surface area contributed by atoms with Crippen LogP contribution < -0.4 is 22.7 Å². The van der Waals surface area contributed by atoms with Crippen molar-refractivity contribution in [1.82, 2.24) is 14.1 Å². The fourth-order valence-corrected chi connectivity index (χ4v) is 3.93. The minimum atomic E-state index is -0.440. The first-order valence-corrected chi connectivity index (χ1v) is 8.25. The maximum atomic E-state index is 12.8. The Kier molecular flexibility index (Phi) is 3.81. The molecule has 8 heteroatoms. The standard InChI is InChI=1S/C16H19N5O2S/c1-7-5-10(24-8(7)2)11-9(6-17)13(18)19-14-12(11)15(22)21(4)16(23)20(14)3/h5H,6,17H2,1-4H3,(H2,18,19). The van der Waals surface area contributed by atoms with Gasteiger partial charge in [-0.25, -0.2) is 9.78 Å². The van der Waals surface area contributed by atoms with Crippen molar-refractivity contribution in [3.8, 4) is 10.4 Å². The van der Waals surface area contributed by atoms with E-state index in [1.54, 1.807) is 18.4 Å². The Labute approximate surface area is 142 Å². The van der Waals surface area contributed by atoms with E-state index < -0.39 is 11.2 Å². The van der Waals surface area contributed by atoms with Crippen LogP contribution in [0.1, 0.15) is 16.0 Å². The lowest BCUT2D eigenvalue weighted by Gasteiger charge is -2.15. The zero-order valence-electron chi connectivity index (χ0n) is 14.0. The van der Waals surface area contributed by atoms with Crippen LogP contribution in [0.4, 0.5) is 5.82 Å². The van der Waals surface area contributed by atoms with Gasteiger partial charge in [0.05, 0.1) is 5.39 Å². The summed E-state index contributed by atoms with van der Waals surface area (Å²) in [5.41, 5.74) is 13.8. The number of thiophene rings is 1. The van der Waals surface area contributed by atoms with E-state index in [2.05, 4.69) is 4.98 Å². The van der Waals surface area contributed by atoms with Gasteiger partial charge < -0.3 is 11.5 Å². The Bertz CT molecular complexity index is 1070. The normalized spacial score (nSPS) is 11.4. The van der Waals surface area contributed by atoms with Crippen molar-refractivity contribution >= 4 is 28.2 Å². The number of aryl methyl sites for hydroxylation is 3. The molecule has 0 atom stereocenters. The Balaban J connectivity index is 2.64. The predicted molar refractivity (Wildman–Crippen MR) is 97.3 cm³/mol. The lowest BCUT2D eigenvalue weighted by molar-refractivity contribution is 0.708. The molecule has 7 nitrogen and oxygen atoms in total. The summed E-state index contributed by atoms with van der Waals surface area (Å²) in [6.45, 7) is 4.19. The number of nitrogens with two attached hydrogens (primary N) is 2. The van der Waals surface area contributed by atoms with E-state index in [0.717, 1.165) is 19.9 Å². The van der Waals surface area contributed by atoms with Crippen LogP contribution in [0.5, 0.6) is 0 Å². The zero-order valence-corrected chi connectivity index (χ0v) is 14.8. The van der Waals surface area contributed by atoms with Crippen LogP contribution in [0.25, 0.3) is 21.5 Å². The first-order chi connectivity index (χ1) is 11.3. The highest BCUT2D eigenvalue weighted by Crippen LogP contribution is 2.37. The third kappa shape index (κ3) is 2.18. The fourth-order valence-electron chi connectivity index (χ4n) is 2.82. The average Bonchev–Trinajstić information content (AvgIpc) is 2.88. The number of fused-ring (bicyclic) bond motifs is 1. The number of hydrogen-bond acceptors (Lipinski definition) is 6. The number of nitrogens with zero attached hydrogens (tertiary/aromatic N) is 3. The van der Waals surface area contributed by atoms with Crippen molar-refractivity contribution in [3.63, 3.8) is 0 Å². The molecule has 0 amide bonds. The van der Waals surface area contributed by atoms with E-state index in [9.17, 15) is 9.59 Å². The molecule has 0 radical (unpaired) electrons. The van der Waals surface area contributed by atoms with Gasteiger partial charge >= 0.3 is 5.69 Å². The van der Waals surface area contributed by atoms with E-state index in [4.69, 9.17) is 11.5 Å². The van der Waals surface area contributed by atoms with E-state index >= 15 is 0 Å². The second-order valence-corrected chi connectivity index (χ2v) is 7.07. The summed E-state index contributed by atoms with van der Waals surface area (Å²) in [5.74, 6) is 0.243. The summed E-state index contributed by atoms with van der Waals surface area (Å²) in [6, 6.07) is 2.01. The molecule has 0 aliphatic rings. The van der Waals surface area contributed by atoms with Gasteiger partial charge in [0.15, 0.2) is 5.65 Å². The number of nitrogen functional groups attached to an aromatic ring is 1. The molecule has 0 aliphatic carbocycles. The first kappa shape index (κ1) is 16.4. The quantitative estimate of drug-likeness (QED) is 0.721. The van der Waals surface area contributed by atoms with Crippen LogP contribution in [0, 0.1) is 13.8 Å². The van der Waals surface area contributed by atoms with Crippen LogP contribution in [-0.2, 0) is 20.6 Å². The molecule has 3 aromatic rings. The van der Waals surface area contributed by atoms with E-state index in [0.29, 0.717) is 16.5 Å². The van der Waals surface area contributed by atoms with Crippen molar-refractivity contribution in [2.24, 2.45) is 19.8 Å². The van der Waals surface area contributed by atoms with Gasteiger partial charge in [-0.1, -0.05) is 0 Å². The highest BCUT2D eigenvalue weighted by Gasteiger charge is 2.21. The van der Waals surface area contributed by atoms with E-state index in [-0.39, 0.29) is 18.0 Å². The summed E-state index contributed by atoms with van der Waals surface area (Å²) < 4.78 is 2.42. The fraction of sp³-hybridized carbons (Fsp3) is 0.312. The molecular formula is C16H19N5O2S. The van der Waals surface area contributed by atoms with Crippen molar-refractivity contribution in [3.05, 3.63) is 42.9 Å². The third-order valence-corrected chi connectivity index (χ3v) is 5.51. The van der Waals surface area contributed by atoms with Gasteiger partial charge in [0.2, 0.25) is 0 Å². The molecule has 0 aromatic carbocycles. The number of aromatic nitrogens is 3. The minimum Gasteiger partial charge on any atom is -0.383 e. The smallest absolute Gasteiger partial charge is 0.332 e. The van der Waals surface area contributed by atoms with Gasteiger partial charge in [-0.15, -0.1) is 11.3 Å². The zero-order chi connectivity index (χ0) is 17.8. The Morgan fingerprint density at radius 3 is 2.42 bits per heavy atom. The third-order valence-electron chi connectivity index (χ3n) is 4.34. The number of pyridine rings is 1. The highest BCUT2D eigenvalue weighted by molar-refractivity contribution is 7.15. The SMILES string of the molecule is Cc1cc(-c2c(CN)c(N)nc3c2c(=O)n(C)c(=O)n3C)sc1C. The van der Waals surface area contributed by atoms with Gasteiger partial charge in [-0.3, -0.25) is 13.9 Å². The minimum absolute atomic E-state index is 0.159. The van der Waals surface area contributed by atoms with Crippen LogP contribution in [0.15, 0.2) is 15.7 Å². The Morgan fingerprint density at radius 2 is 1.88 bits per heavy atom. The largest absolute Gasteiger partial charge is 0.383 e. The molecule has 3 aromatic heterocycles. The average molecular weight is 345 g/mol. The Hall–Kier alpha value is -2.45. The summed E-state index contributed by atoms with van der Waals surface area (Å²) >= 11 is 1.57. The summed E-state index contributed by atoms with van der Waals surface area (Å²) in [7, 11) is 3.03. The molecule has 0 saturated heterocycles. The monoisotopic (exact) mass is 345 g/mol. The molecule has 0 aliphatic heterocycles. The van der Waals surface area contributed by atoms with Gasteiger partial charge in [0, 0.05) is 41.5 Å². The molecule has 0 bridgehead atoms. The number of rotatable bonds is 2. The molecule has 0 saturated carbocycles. The lowest BCUT2D eigenvalue weighted by Crippen LogP contribution is -2.37. The molecule has 126 valence electrons. The second-order valence-electron chi connectivity index (χ2n) is 5.81. The predicted octanol–water partition coefficient (Wildman–Crippen LogP) is 1.02. The highest BCUT2D eigenvalue weighted by atomic mass is 32.1. The molecule has 3 heterocycles. The van der Waals surface area contributed by atoms with Crippen molar-refractivity contribution in [2.45, 2.75) is 20.4 Å². The van der Waals surface area contributed by atoms with E-state index in [1.807, 2.05) is 19.9 Å². The summed E-state index contributed by atoms with van der Waals surface area (Å²) in [5, 5.41) is 0.371. The van der Waals surface area contributed by atoms with Crippen LogP contribution in [0.3, 0.4) is 0 Å². The number of anilines is 1. The molecule has 24 heavy (non-hydrogen) atoms. The van der Waals surface area contributed by atoms with Crippen LogP contribution in [0.2, 0.25) is 0 Å². The lowest BCUT2D eigenvalue weighted by atomic mass is 10.0. The Morgan fingerprint density at radius 1 is 1.21 bits per heavy atom. The van der Waals surface area contributed by atoms with Gasteiger partial charge in [0.1, 0.15) is 5.82 Å². The molecular weight excluding hydrogens is 326 g/mol. The van der Waals surface area contributed by atoms with Crippen LogP contribution >= 0.6 is 11.3 Å². The first-order valence-electron chi connectivity index (χ1n) is 7.43. The maximum absolute atomic E-state index is 12.8. The van der Waals surface area contributed by atoms with Crippen molar-refractivity contribution in [1.29, 1.82) is 0 Å².